The van der Waals surface area contributed by atoms with E-state index in [-0.39, 0.29) is 17.4 Å². The SMILES string of the molecule is COc1cc2c(cc1N)C[C@H]1[C@H]3CCCC[C@@]23CCN1OC(=O)c1ccccc1. The van der Waals surface area contributed by atoms with Gasteiger partial charge in [-0.1, -0.05) is 31.0 Å². The minimum absolute atomic E-state index is 0.146. The van der Waals surface area contributed by atoms with E-state index in [4.69, 9.17) is 15.3 Å². The fourth-order valence-electron chi connectivity index (χ4n) is 6.05. The van der Waals surface area contributed by atoms with Crippen molar-refractivity contribution in [3.05, 3.63) is 59.2 Å². The number of piperidine rings is 1. The Bertz CT molecular complexity index is 929. The standard InChI is InChI=1S/C24H28N2O3/c1-28-22-15-19-17(13-20(22)25)14-21-18-9-5-6-10-24(18,19)11-12-26(21)29-23(27)16-7-3-2-4-8-16/h2-4,7-8,13,15,18,21H,5-6,9-12,14,25H2,1H3/t18-,21+,24+/m1/s1. The highest BCUT2D eigenvalue weighted by molar-refractivity contribution is 5.89. The van der Waals surface area contributed by atoms with Gasteiger partial charge in [0.15, 0.2) is 0 Å². The second kappa shape index (κ2) is 7.06. The maximum Gasteiger partial charge on any atom is 0.357 e. The third-order valence-electron chi connectivity index (χ3n) is 7.34. The van der Waals surface area contributed by atoms with Crippen molar-refractivity contribution >= 4 is 11.7 Å². The van der Waals surface area contributed by atoms with Crippen LogP contribution in [0.2, 0.25) is 0 Å². The first-order valence-electron chi connectivity index (χ1n) is 10.6. The highest BCUT2D eigenvalue weighted by Crippen LogP contribution is 2.56. The molecule has 1 saturated carbocycles. The summed E-state index contributed by atoms with van der Waals surface area (Å²) in [4.78, 5) is 18.7. The van der Waals surface area contributed by atoms with Crippen LogP contribution in [0.4, 0.5) is 5.69 Å². The van der Waals surface area contributed by atoms with E-state index in [0.717, 1.165) is 25.1 Å². The molecule has 2 aromatic rings. The van der Waals surface area contributed by atoms with E-state index in [9.17, 15) is 4.79 Å². The predicted molar refractivity (Wildman–Crippen MR) is 112 cm³/mol. The maximum absolute atomic E-state index is 12.7. The minimum atomic E-state index is -0.269. The number of carbonyl (C=O) groups is 1. The molecule has 2 bridgehead atoms. The molecular formula is C24H28N2O3. The number of hydrogen-bond acceptors (Lipinski definition) is 5. The summed E-state index contributed by atoms with van der Waals surface area (Å²) in [5.41, 5.74) is 10.4. The molecule has 0 radical (unpaired) electrons. The van der Waals surface area contributed by atoms with Crippen LogP contribution in [0.3, 0.4) is 0 Å². The number of anilines is 1. The molecule has 0 aromatic heterocycles. The van der Waals surface area contributed by atoms with Crippen LogP contribution < -0.4 is 10.5 Å². The third kappa shape index (κ3) is 2.91. The second-order valence-corrected chi connectivity index (χ2v) is 8.67. The molecule has 1 heterocycles. The zero-order valence-electron chi connectivity index (χ0n) is 16.9. The van der Waals surface area contributed by atoms with Crippen molar-refractivity contribution in [1.82, 2.24) is 5.06 Å². The molecule has 29 heavy (non-hydrogen) atoms. The number of nitrogens with two attached hydrogens (primary N) is 1. The molecule has 2 fully saturated rings. The first-order chi connectivity index (χ1) is 14.1. The molecule has 5 rings (SSSR count). The predicted octanol–water partition coefficient (Wildman–Crippen LogP) is 4.11. The van der Waals surface area contributed by atoms with Crippen molar-refractivity contribution in [1.29, 1.82) is 0 Å². The quantitative estimate of drug-likeness (QED) is 0.797. The van der Waals surface area contributed by atoms with E-state index in [1.54, 1.807) is 19.2 Å². The van der Waals surface area contributed by atoms with E-state index in [2.05, 4.69) is 12.1 Å². The van der Waals surface area contributed by atoms with Gasteiger partial charge in [0.05, 0.1) is 24.4 Å². The molecule has 0 amide bonds. The normalized spacial score (nSPS) is 28.2. The molecule has 0 spiro atoms. The van der Waals surface area contributed by atoms with Crippen molar-refractivity contribution in [3.8, 4) is 5.75 Å². The lowest BCUT2D eigenvalue weighted by atomic mass is 9.52. The molecule has 2 aromatic carbocycles. The number of hydroxylamine groups is 2. The van der Waals surface area contributed by atoms with Crippen LogP contribution in [0.1, 0.15) is 53.6 Å². The third-order valence-corrected chi connectivity index (χ3v) is 7.34. The van der Waals surface area contributed by atoms with Gasteiger partial charge in [0.2, 0.25) is 0 Å². The van der Waals surface area contributed by atoms with Crippen LogP contribution in [-0.4, -0.2) is 30.7 Å². The average Bonchev–Trinajstić information content (AvgIpc) is 2.75. The summed E-state index contributed by atoms with van der Waals surface area (Å²) in [6.07, 6.45) is 6.71. The largest absolute Gasteiger partial charge is 0.495 e. The van der Waals surface area contributed by atoms with Crippen LogP contribution >= 0.6 is 0 Å². The molecule has 5 heteroatoms. The van der Waals surface area contributed by atoms with Gasteiger partial charge in [0, 0.05) is 12.0 Å². The molecule has 152 valence electrons. The zero-order valence-corrected chi connectivity index (χ0v) is 16.9. The van der Waals surface area contributed by atoms with Gasteiger partial charge in [0.25, 0.3) is 0 Å². The van der Waals surface area contributed by atoms with Crippen molar-refractivity contribution in [2.45, 2.75) is 50.0 Å². The smallest absolute Gasteiger partial charge is 0.357 e. The van der Waals surface area contributed by atoms with Gasteiger partial charge in [0.1, 0.15) is 5.75 Å². The van der Waals surface area contributed by atoms with Gasteiger partial charge in [-0.3, -0.25) is 0 Å². The van der Waals surface area contributed by atoms with E-state index >= 15 is 0 Å². The van der Waals surface area contributed by atoms with Crippen molar-refractivity contribution in [2.24, 2.45) is 5.92 Å². The molecule has 3 aliphatic rings. The molecule has 5 nitrogen and oxygen atoms in total. The first kappa shape index (κ1) is 18.5. The number of fused-ring (bicyclic) bond motifs is 1. The average molecular weight is 392 g/mol. The zero-order chi connectivity index (χ0) is 20.0. The Morgan fingerprint density at radius 2 is 2.00 bits per heavy atom. The summed E-state index contributed by atoms with van der Waals surface area (Å²) in [6.45, 7) is 0.770. The summed E-state index contributed by atoms with van der Waals surface area (Å²) in [5.74, 6) is 1.00. The highest BCUT2D eigenvalue weighted by atomic mass is 16.7. The fraction of sp³-hybridized carbons (Fsp3) is 0.458. The van der Waals surface area contributed by atoms with Crippen LogP contribution in [0.25, 0.3) is 0 Å². The van der Waals surface area contributed by atoms with Crippen LogP contribution in [0.15, 0.2) is 42.5 Å². The number of carbonyl (C=O) groups excluding carboxylic acids is 1. The Labute approximate surface area is 171 Å². The molecule has 3 atom stereocenters. The Balaban J connectivity index is 1.50. The molecule has 1 saturated heterocycles. The van der Waals surface area contributed by atoms with E-state index < -0.39 is 0 Å². The monoisotopic (exact) mass is 392 g/mol. The minimum Gasteiger partial charge on any atom is -0.495 e. The van der Waals surface area contributed by atoms with Crippen molar-refractivity contribution in [2.75, 3.05) is 19.4 Å². The lowest BCUT2D eigenvalue weighted by Crippen LogP contribution is -2.61. The summed E-state index contributed by atoms with van der Waals surface area (Å²) in [5, 5.41) is 1.97. The van der Waals surface area contributed by atoms with Crippen LogP contribution in [-0.2, 0) is 16.7 Å². The van der Waals surface area contributed by atoms with Crippen LogP contribution in [0.5, 0.6) is 5.75 Å². The topological polar surface area (TPSA) is 64.8 Å². The molecular weight excluding hydrogens is 364 g/mol. The Morgan fingerprint density at radius 3 is 2.79 bits per heavy atom. The summed E-state index contributed by atoms with van der Waals surface area (Å²) in [7, 11) is 1.69. The lowest BCUT2D eigenvalue weighted by molar-refractivity contribution is -0.190. The van der Waals surface area contributed by atoms with Crippen molar-refractivity contribution in [3.63, 3.8) is 0 Å². The number of benzene rings is 2. The van der Waals surface area contributed by atoms with E-state index in [1.807, 2.05) is 23.3 Å². The number of ether oxygens (including phenoxy) is 1. The van der Waals surface area contributed by atoms with Gasteiger partial charge in [-0.05, 0) is 67.0 Å². The number of methoxy groups -OCH3 is 1. The summed E-state index contributed by atoms with van der Waals surface area (Å²) >= 11 is 0. The van der Waals surface area contributed by atoms with Gasteiger partial charge in [-0.25, -0.2) is 4.79 Å². The summed E-state index contributed by atoms with van der Waals surface area (Å²) in [6, 6.07) is 13.7. The number of rotatable bonds is 3. The maximum atomic E-state index is 12.7. The summed E-state index contributed by atoms with van der Waals surface area (Å²) < 4.78 is 5.54. The Hall–Kier alpha value is -2.53. The highest BCUT2D eigenvalue weighted by Gasteiger charge is 2.55. The molecule has 2 N–H and O–H groups in total. The Kier molecular flexibility index (Phi) is 4.50. The van der Waals surface area contributed by atoms with Gasteiger partial charge < -0.3 is 15.3 Å². The fourth-order valence-corrected chi connectivity index (χ4v) is 6.05. The number of hydrogen-bond donors (Lipinski definition) is 1. The van der Waals surface area contributed by atoms with Gasteiger partial charge >= 0.3 is 5.97 Å². The molecule has 0 unspecified atom stereocenters. The van der Waals surface area contributed by atoms with E-state index in [0.29, 0.717) is 17.2 Å². The molecule has 2 aliphatic carbocycles. The first-order valence-corrected chi connectivity index (χ1v) is 10.6. The van der Waals surface area contributed by atoms with Crippen LogP contribution in [0, 0.1) is 5.92 Å². The van der Waals surface area contributed by atoms with Gasteiger partial charge in [-0.2, -0.15) is 0 Å². The molecule has 1 aliphatic heterocycles. The second-order valence-electron chi connectivity index (χ2n) is 8.67. The number of nitrogens with zero attached hydrogens (tertiary/aromatic N) is 1. The van der Waals surface area contributed by atoms with Gasteiger partial charge in [-0.15, -0.1) is 5.06 Å². The number of nitrogen functional groups attached to an aromatic ring is 1. The Morgan fingerprint density at radius 1 is 1.17 bits per heavy atom. The lowest BCUT2D eigenvalue weighted by Gasteiger charge is -2.58. The van der Waals surface area contributed by atoms with Crippen molar-refractivity contribution < 1.29 is 14.4 Å². The van der Waals surface area contributed by atoms with E-state index in [1.165, 1.54) is 36.8 Å².